The normalized spacial score (nSPS) is 12.7. The number of ether oxygens (including phenoxy) is 2. The lowest BCUT2D eigenvalue weighted by Crippen LogP contribution is -2.35. The first-order valence-corrected chi connectivity index (χ1v) is 10.7. The van der Waals surface area contributed by atoms with Crippen LogP contribution in [-0.4, -0.2) is 47.6 Å². The zero-order valence-electron chi connectivity index (χ0n) is 18.9. The summed E-state index contributed by atoms with van der Waals surface area (Å²) in [4.78, 5) is 11.4. The first kappa shape index (κ1) is 24.1. The Morgan fingerprint density at radius 3 is 2.39 bits per heavy atom. The number of hydrogen-bond acceptors (Lipinski definition) is 6. The summed E-state index contributed by atoms with van der Waals surface area (Å²) >= 11 is 0. The highest BCUT2D eigenvalue weighted by Gasteiger charge is 2.16. The second-order valence-electron chi connectivity index (χ2n) is 7.82. The minimum absolute atomic E-state index is 0.161. The number of rotatable bonds is 10. The van der Waals surface area contributed by atoms with E-state index in [0.29, 0.717) is 30.2 Å². The number of aliphatic hydroxyl groups is 1. The van der Waals surface area contributed by atoms with Crippen molar-refractivity contribution in [1.82, 2.24) is 5.32 Å². The summed E-state index contributed by atoms with van der Waals surface area (Å²) in [7, 11) is 1.55. The standard InChI is InChI=1S/C26H29NO6/c1-16-14-21(9-10-22(16)23-15-19(26(30)31)6-11-24(23)32-3)33-13-12-27-17(2)25(29)18-4-7-20(28)8-5-18/h4-11,14-15,17,25,27-29H,12-13H2,1-3H3,(H,30,31)/t17-,25-/m1/s1. The maximum atomic E-state index is 11.4. The molecule has 0 radical (unpaired) electrons. The summed E-state index contributed by atoms with van der Waals surface area (Å²) in [6, 6.07) is 16.7. The van der Waals surface area contributed by atoms with Crippen LogP contribution in [0.4, 0.5) is 0 Å². The Hall–Kier alpha value is -3.55. The van der Waals surface area contributed by atoms with Crippen molar-refractivity contribution in [2.24, 2.45) is 0 Å². The van der Waals surface area contributed by atoms with Gasteiger partial charge in [-0.1, -0.05) is 18.2 Å². The zero-order chi connectivity index (χ0) is 24.0. The zero-order valence-corrected chi connectivity index (χ0v) is 18.9. The molecular formula is C26H29NO6. The SMILES string of the molecule is COc1ccc(C(=O)O)cc1-c1ccc(OCCN[C@H](C)[C@@H](O)c2ccc(O)cc2)cc1C. The van der Waals surface area contributed by atoms with Gasteiger partial charge < -0.3 is 30.1 Å². The smallest absolute Gasteiger partial charge is 0.335 e. The van der Waals surface area contributed by atoms with Crippen molar-refractivity contribution in [3.8, 4) is 28.4 Å². The molecule has 0 aliphatic heterocycles. The molecule has 0 fully saturated rings. The lowest BCUT2D eigenvalue weighted by molar-refractivity contribution is 0.0697. The molecule has 174 valence electrons. The third-order valence-electron chi connectivity index (χ3n) is 5.48. The van der Waals surface area contributed by atoms with Crippen LogP contribution in [-0.2, 0) is 0 Å². The van der Waals surface area contributed by atoms with Crippen LogP contribution in [0.1, 0.15) is 34.5 Å². The molecule has 3 rings (SSSR count). The minimum atomic E-state index is -0.992. The van der Waals surface area contributed by atoms with Crippen LogP contribution < -0.4 is 14.8 Å². The van der Waals surface area contributed by atoms with Gasteiger partial charge >= 0.3 is 5.97 Å². The van der Waals surface area contributed by atoms with Gasteiger partial charge in [0.2, 0.25) is 0 Å². The largest absolute Gasteiger partial charge is 0.508 e. The van der Waals surface area contributed by atoms with Gasteiger partial charge in [0, 0.05) is 18.2 Å². The molecule has 7 heteroatoms. The maximum Gasteiger partial charge on any atom is 0.335 e. The van der Waals surface area contributed by atoms with Crippen molar-refractivity contribution < 1.29 is 29.6 Å². The van der Waals surface area contributed by atoms with Crippen molar-refractivity contribution in [1.29, 1.82) is 0 Å². The molecule has 2 atom stereocenters. The van der Waals surface area contributed by atoms with E-state index < -0.39 is 12.1 Å². The number of carboxylic acid groups (broad SMARTS) is 1. The van der Waals surface area contributed by atoms with E-state index in [1.165, 1.54) is 6.07 Å². The van der Waals surface area contributed by atoms with Gasteiger partial charge in [0.1, 0.15) is 23.9 Å². The Bertz CT molecular complexity index is 1100. The molecule has 0 spiro atoms. The Kier molecular flexibility index (Phi) is 7.92. The topological polar surface area (TPSA) is 108 Å². The molecule has 0 saturated carbocycles. The molecule has 0 amide bonds. The predicted octanol–water partition coefficient (Wildman–Crippen LogP) is 4.16. The summed E-state index contributed by atoms with van der Waals surface area (Å²) in [6.45, 7) is 4.76. The molecule has 7 nitrogen and oxygen atoms in total. The number of carbonyl (C=O) groups is 1. The van der Waals surface area contributed by atoms with Crippen molar-refractivity contribution in [3.63, 3.8) is 0 Å². The predicted molar refractivity (Wildman–Crippen MR) is 126 cm³/mol. The van der Waals surface area contributed by atoms with Crippen LogP contribution in [0, 0.1) is 6.92 Å². The number of nitrogens with one attached hydrogen (secondary N) is 1. The minimum Gasteiger partial charge on any atom is -0.508 e. The summed E-state index contributed by atoms with van der Waals surface area (Å²) in [5, 5.41) is 32.4. The van der Waals surface area contributed by atoms with Gasteiger partial charge in [0.15, 0.2) is 0 Å². The van der Waals surface area contributed by atoms with Crippen LogP contribution in [0.2, 0.25) is 0 Å². The van der Waals surface area contributed by atoms with Gasteiger partial charge in [0.05, 0.1) is 18.8 Å². The number of carboxylic acids is 1. The summed E-state index contributed by atoms with van der Waals surface area (Å²) < 4.78 is 11.3. The molecular weight excluding hydrogens is 422 g/mol. The molecule has 0 unspecified atom stereocenters. The highest BCUT2D eigenvalue weighted by atomic mass is 16.5. The molecule has 3 aromatic rings. The molecule has 0 bridgehead atoms. The van der Waals surface area contributed by atoms with E-state index in [1.807, 2.05) is 32.0 Å². The molecule has 0 aliphatic carbocycles. The number of aryl methyl sites for hydroxylation is 1. The van der Waals surface area contributed by atoms with Crippen LogP contribution in [0.25, 0.3) is 11.1 Å². The van der Waals surface area contributed by atoms with E-state index in [0.717, 1.165) is 16.7 Å². The lowest BCUT2D eigenvalue weighted by atomic mass is 9.97. The Labute approximate surface area is 193 Å². The van der Waals surface area contributed by atoms with Gasteiger partial charge in [-0.25, -0.2) is 4.79 Å². The quantitative estimate of drug-likeness (QED) is 0.343. The number of phenolic OH excluding ortho intramolecular Hbond substituents is 1. The molecule has 0 saturated heterocycles. The first-order chi connectivity index (χ1) is 15.8. The number of benzene rings is 3. The third-order valence-corrected chi connectivity index (χ3v) is 5.48. The highest BCUT2D eigenvalue weighted by Crippen LogP contribution is 2.34. The van der Waals surface area contributed by atoms with E-state index in [4.69, 9.17) is 9.47 Å². The third kappa shape index (κ3) is 6.03. The first-order valence-electron chi connectivity index (χ1n) is 10.7. The molecule has 0 aliphatic rings. The average Bonchev–Trinajstić information content (AvgIpc) is 2.81. The van der Waals surface area contributed by atoms with E-state index in [-0.39, 0.29) is 17.4 Å². The average molecular weight is 452 g/mol. The summed E-state index contributed by atoms with van der Waals surface area (Å²) in [5.74, 6) is 0.461. The molecule has 33 heavy (non-hydrogen) atoms. The van der Waals surface area contributed by atoms with Crippen molar-refractivity contribution in [2.75, 3.05) is 20.3 Å². The van der Waals surface area contributed by atoms with Crippen molar-refractivity contribution in [3.05, 3.63) is 77.4 Å². The Morgan fingerprint density at radius 1 is 1.03 bits per heavy atom. The molecule has 0 aromatic heterocycles. The second kappa shape index (κ2) is 10.8. The molecule has 0 heterocycles. The van der Waals surface area contributed by atoms with Gasteiger partial charge in [-0.2, -0.15) is 0 Å². The number of phenols is 1. The lowest BCUT2D eigenvalue weighted by Gasteiger charge is -2.21. The fourth-order valence-corrected chi connectivity index (χ4v) is 3.61. The number of aromatic hydroxyl groups is 1. The van der Waals surface area contributed by atoms with Gasteiger partial charge in [0.25, 0.3) is 0 Å². The van der Waals surface area contributed by atoms with Gasteiger partial charge in [-0.3, -0.25) is 0 Å². The fourth-order valence-electron chi connectivity index (χ4n) is 3.61. The highest BCUT2D eigenvalue weighted by molar-refractivity contribution is 5.90. The second-order valence-corrected chi connectivity index (χ2v) is 7.82. The van der Waals surface area contributed by atoms with Crippen LogP contribution in [0.3, 0.4) is 0 Å². The van der Waals surface area contributed by atoms with Crippen molar-refractivity contribution in [2.45, 2.75) is 26.0 Å². The fraction of sp³-hybridized carbons (Fsp3) is 0.269. The monoisotopic (exact) mass is 451 g/mol. The van der Waals surface area contributed by atoms with Gasteiger partial charge in [-0.05, 0) is 73.0 Å². The number of hydrogen-bond donors (Lipinski definition) is 4. The maximum absolute atomic E-state index is 11.4. The van der Waals surface area contributed by atoms with Crippen LogP contribution in [0.15, 0.2) is 60.7 Å². The van der Waals surface area contributed by atoms with Crippen LogP contribution >= 0.6 is 0 Å². The molecule has 3 aromatic carbocycles. The Balaban J connectivity index is 1.59. The Morgan fingerprint density at radius 2 is 1.76 bits per heavy atom. The van der Waals surface area contributed by atoms with E-state index in [2.05, 4.69) is 5.32 Å². The van der Waals surface area contributed by atoms with Crippen molar-refractivity contribution >= 4 is 5.97 Å². The van der Waals surface area contributed by atoms with Gasteiger partial charge in [-0.15, -0.1) is 0 Å². The number of aromatic carboxylic acids is 1. The summed E-state index contributed by atoms with van der Waals surface area (Å²) in [5.41, 5.74) is 3.42. The summed E-state index contributed by atoms with van der Waals surface area (Å²) in [6.07, 6.45) is -0.705. The van der Waals surface area contributed by atoms with E-state index in [9.17, 15) is 20.1 Å². The number of methoxy groups -OCH3 is 1. The van der Waals surface area contributed by atoms with E-state index in [1.54, 1.807) is 43.5 Å². The van der Waals surface area contributed by atoms with E-state index >= 15 is 0 Å². The number of aliphatic hydroxyl groups excluding tert-OH is 1. The van der Waals surface area contributed by atoms with Crippen LogP contribution in [0.5, 0.6) is 17.2 Å². The molecule has 4 N–H and O–H groups in total.